The molecule has 0 aliphatic heterocycles. The fourth-order valence-electron chi connectivity index (χ4n) is 3.10. The van der Waals surface area contributed by atoms with Gasteiger partial charge in [-0.15, -0.1) is 0 Å². The second kappa shape index (κ2) is 11.4. The summed E-state index contributed by atoms with van der Waals surface area (Å²) in [6, 6.07) is 13.1. The average Bonchev–Trinajstić information content (AvgIpc) is 2.76. The van der Waals surface area contributed by atoms with Gasteiger partial charge in [0.05, 0.1) is 4.90 Å². The molecule has 8 N–H and O–H groups in total. The van der Waals surface area contributed by atoms with Crippen LogP contribution >= 0.6 is 0 Å². The van der Waals surface area contributed by atoms with E-state index in [1.165, 1.54) is 26.0 Å². The van der Waals surface area contributed by atoms with Crippen LogP contribution in [-0.4, -0.2) is 37.8 Å². The molecular weight excluding hydrogens is 524 g/mol. The highest BCUT2D eigenvalue weighted by Gasteiger charge is 2.17. The molecule has 0 unspecified atom stereocenters. The van der Waals surface area contributed by atoms with Gasteiger partial charge in [0.1, 0.15) is 4.90 Å². The molecule has 0 radical (unpaired) electrons. The maximum absolute atomic E-state index is 11.4. The van der Waals surface area contributed by atoms with Crippen LogP contribution < -0.4 is 22.1 Å². The van der Waals surface area contributed by atoms with E-state index in [4.69, 9.17) is 16.0 Å². The second-order valence-electron chi connectivity index (χ2n) is 7.83. The molecule has 0 heterocycles. The van der Waals surface area contributed by atoms with E-state index in [0.29, 0.717) is 22.4 Å². The highest BCUT2D eigenvalue weighted by atomic mass is 32.2. The van der Waals surface area contributed by atoms with Crippen LogP contribution in [0.2, 0.25) is 0 Å². The molecule has 37 heavy (non-hydrogen) atoms. The lowest BCUT2D eigenvalue weighted by Gasteiger charge is -2.10. The summed E-state index contributed by atoms with van der Waals surface area (Å²) in [4.78, 5) is 21.2. The molecule has 2 amide bonds. The zero-order valence-electron chi connectivity index (χ0n) is 20.0. The number of anilines is 4. The minimum atomic E-state index is -4.38. The summed E-state index contributed by atoms with van der Waals surface area (Å²) in [5.74, 6) is -0.552. The van der Waals surface area contributed by atoms with E-state index in [2.05, 4.69) is 10.6 Å². The lowest BCUT2D eigenvalue weighted by Crippen LogP contribution is -2.10. The van der Waals surface area contributed by atoms with Crippen molar-refractivity contribution in [2.24, 2.45) is 0 Å². The Morgan fingerprint density at radius 1 is 0.784 bits per heavy atom. The van der Waals surface area contributed by atoms with Gasteiger partial charge in [0, 0.05) is 42.2 Å². The molecule has 0 aliphatic carbocycles. The van der Waals surface area contributed by atoms with Crippen LogP contribution in [-0.2, 0) is 29.8 Å². The van der Waals surface area contributed by atoms with Crippen molar-refractivity contribution in [2.45, 2.75) is 30.6 Å². The Kier molecular flexibility index (Phi) is 9.00. The SMILES string of the molecule is CC(=O)Nc1cc(S(=O)(=O)O)cc(N)c1C.CC(=O)Nc1ccc(-c2ccc(N)cc2S(=O)(=O)O)cc1. The van der Waals surface area contributed by atoms with E-state index in [1.54, 1.807) is 37.3 Å². The van der Waals surface area contributed by atoms with Crippen molar-refractivity contribution < 1.29 is 35.5 Å². The van der Waals surface area contributed by atoms with Crippen LogP contribution in [0.1, 0.15) is 19.4 Å². The quantitative estimate of drug-likeness (QED) is 0.201. The zero-order valence-corrected chi connectivity index (χ0v) is 21.6. The normalized spacial score (nSPS) is 11.2. The third-order valence-corrected chi connectivity index (χ3v) is 6.55. The molecule has 3 aromatic rings. The van der Waals surface area contributed by atoms with Gasteiger partial charge < -0.3 is 22.1 Å². The number of nitrogens with two attached hydrogens (primary N) is 2. The van der Waals surface area contributed by atoms with E-state index in [-0.39, 0.29) is 38.7 Å². The number of hydrogen-bond acceptors (Lipinski definition) is 8. The first-order valence-corrected chi connectivity index (χ1v) is 13.3. The van der Waals surface area contributed by atoms with Gasteiger partial charge in [0.25, 0.3) is 20.2 Å². The number of nitrogens with one attached hydrogen (secondary N) is 2. The maximum Gasteiger partial charge on any atom is 0.295 e. The Balaban J connectivity index is 0.000000271. The van der Waals surface area contributed by atoms with E-state index in [0.717, 1.165) is 12.1 Å². The molecule has 12 nitrogen and oxygen atoms in total. The van der Waals surface area contributed by atoms with Gasteiger partial charge in [-0.1, -0.05) is 18.2 Å². The van der Waals surface area contributed by atoms with Crippen LogP contribution in [0, 0.1) is 6.92 Å². The van der Waals surface area contributed by atoms with Crippen molar-refractivity contribution in [1.82, 2.24) is 0 Å². The van der Waals surface area contributed by atoms with Crippen LogP contribution in [0.5, 0.6) is 0 Å². The first-order chi connectivity index (χ1) is 17.0. The molecule has 14 heteroatoms. The highest BCUT2D eigenvalue weighted by Crippen LogP contribution is 2.30. The molecule has 0 spiro atoms. The van der Waals surface area contributed by atoms with Gasteiger partial charge in [0.15, 0.2) is 0 Å². The lowest BCUT2D eigenvalue weighted by atomic mass is 10.0. The van der Waals surface area contributed by atoms with Crippen molar-refractivity contribution in [2.75, 3.05) is 22.1 Å². The Labute approximate surface area is 214 Å². The number of rotatable bonds is 5. The standard InChI is InChI=1S/C14H14N2O4S.C9H12N2O4S/c1-9(17)16-12-5-2-10(3-6-12)13-7-4-11(15)8-14(13)21(18,19)20;1-5-8(10)3-7(16(13,14)15)4-9(5)11-6(2)12/h2-8H,15H2,1H3,(H,16,17)(H,18,19,20);3-4H,10H2,1-2H3,(H,11,12)(H,13,14,15). The second-order valence-corrected chi connectivity index (χ2v) is 10.6. The minimum absolute atomic E-state index is 0.180. The number of benzene rings is 3. The van der Waals surface area contributed by atoms with E-state index >= 15 is 0 Å². The van der Waals surface area contributed by atoms with Crippen molar-refractivity contribution in [3.05, 3.63) is 60.2 Å². The Bertz CT molecular complexity index is 1550. The van der Waals surface area contributed by atoms with Crippen molar-refractivity contribution >= 4 is 54.8 Å². The van der Waals surface area contributed by atoms with Crippen LogP contribution in [0.15, 0.2) is 64.4 Å². The number of amides is 2. The highest BCUT2D eigenvalue weighted by molar-refractivity contribution is 7.86. The smallest absolute Gasteiger partial charge is 0.295 e. The van der Waals surface area contributed by atoms with E-state index in [1.807, 2.05) is 0 Å². The molecular formula is C23H26N4O8S2. The lowest BCUT2D eigenvalue weighted by molar-refractivity contribution is -0.115. The van der Waals surface area contributed by atoms with Crippen LogP contribution in [0.3, 0.4) is 0 Å². The number of nitrogen functional groups attached to an aromatic ring is 2. The molecule has 0 saturated heterocycles. The number of carbonyl (C=O) groups is 2. The van der Waals surface area contributed by atoms with Gasteiger partial charge in [-0.05, 0) is 54.4 Å². The van der Waals surface area contributed by atoms with Crippen LogP contribution in [0.25, 0.3) is 11.1 Å². The summed E-state index contributed by atoms with van der Waals surface area (Å²) in [7, 11) is -8.71. The summed E-state index contributed by atoms with van der Waals surface area (Å²) in [6.45, 7) is 4.31. The fraction of sp³-hybridized carbons (Fsp3) is 0.130. The summed E-state index contributed by atoms with van der Waals surface area (Å²) >= 11 is 0. The fourth-order valence-corrected chi connectivity index (χ4v) is 4.40. The van der Waals surface area contributed by atoms with Gasteiger partial charge in [-0.25, -0.2) is 0 Å². The first kappa shape index (κ1) is 29.3. The molecule has 3 aromatic carbocycles. The predicted octanol–water partition coefficient (Wildman–Crippen LogP) is 2.92. The van der Waals surface area contributed by atoms with Gasteiger partial charge >= 0.3 is 0 Å². The zero-order chi connectivity index (χ0) is 28.1. The van der Waals surface area contributed by atoms with Crippen LogP contribution in [0.4, 0.5) is 22.7 Å². The first-order valence-electron chi connectivity index (χ1n) is 10.4. The molecule has 0 saturated carbocycles. The summed E-state index contributed by atoms with van der Waals surface area (Å²) in [5, 5.41) is 5.04. The van der Waals surface area contributed by atoms with Crippen molar-refractivity contribution in [3.8, 4) is 11.1 Å². The minimum Gasteiger partial charge on any atom is -0.399 e. The Hall–Kier alpha value is -3.98. The molecule has 198 valence electrons. The third kappa shape index (κ3) is 8.28. The van der Waals surface area contributed by atoms with E-state index in [9.17, 15) is 31.0 Å². The molecule has 3 rings (SSSR count). The largest absolute Gasteiger partial charge is 0.399 e. The van der Waals surface area contributed by atoms with Crippen molar-refractivity contribution in [1.29, 1.82) is 0 Å². The van der Waals surface area contributed by atoms with Crippen molar-refractivity contribution in [3.63, 3.8) is 0 Å². The summed E-state index contributed by atoms with van der Waals surface area (Å²) < 4.78 is 62.9. The Morgan fingerprint density at radius 2 is 1.35 bits per heavy atom. The molecule has 0 atom stereocenters. The topological polar surface area (TPSA) is 219 Å². The van der Waals surface area contributed by atoms with Gasteiger partial charge in [0.2, 0.25) is 11.8 Å². The monoisotopic (exact) mass is 550 g/mol. The average molecular weight is 551 g/mol. The van der Waals surface area contributed by atoms with Gasteiger partial charge in [-0.3, -0.25) is 18.7 Å². The predicted molar refractivity (Wildman–Crippen MR) is 140 cm³/mol. The Morgan fingerprint density at radius 3 is 1.84 bits per heavy atom. The van der Waals surface area contributed by atoms with E-state index < -0.39 is 20.2 Å². The van der Waals surface area contributed by atoms with Gasteiger partial charge in [-0.2, -0.15) is 16.8 Å². The third-order valence-electron chi connectivity index (χ3n) is 4.83. The maximum atomic E-state index is 11.4. The number of carbonyl (C=O) groups excluding carboxylic acids is 2. The molecule has 0 bridgehead atoms. The summed E-state index contributed by atoms with van der Waals surface area (Å²) in [5.41, 5.74) is 13.9. The molecule has 0 aromatic heterocycles. The molecule has 0 aliphatic rings. The summed E-state index contributed by atoms with van der Waals surface area (Å²) in [6.07, 6.45) is 0. The molecule has 0 fully saturated rings. The number of hydrogen-bond donors (Lipinski definition) is 6.